The van der Waals surface area contributed by atoms with E-state index in [2.05, 4.69) is 15.9 Å². The van der Waals surface area contributed by atoms with E-state index < -0.39 is 17.1 Å². The van der Waals surface area contributed by atoms with Crippen molar-refractivity contribution in [3.05, 3.63) is 32.8 Å². The van der Waals surface area contributed by atoms with Crippen molar-refractivity contribution in [2.45, 2.75) is 25.6 Å². The quantitative estimate of drug-likeness (QED) is 0.612. The highest BCUT2D eigenvalue weighted by molar-refractivity contribution is 9.10. The van der Waals surface area contributed by atoms with Crippen molar-refractivity contribution in [1.82, 2.24) is 0 Å². The van der Waals surface area contributed by atoms with E-state index in [0.29, 0.717) is 11.1 Å². The molecule has 0 amide bonds. The van der Waals surface area contributed by atoms with Gasteiger partial charge in [0.05, 0.1) is 9.40 Å². The second-order valence-electron chi connectivity index (χ2n) is 4.05. The van der Waals surface area contributed by atoms with Gasteiger partial charge in [0.2, 0.25) is 5.75 Å². The summed E-state index contributed by atoms with van der Waals surface area (Å²) in [7, 11) is 0. The van der Waals surface area contributed by atoms with Crippen molar-refractivity contribution in [1.29, 1.82) is 0 Å². The second kappa shape index (κ2) is 5.66. The van der Waals surface area contributed by atoms with Gasteiger partial charge in [-0.05, 0) is 28.9 Å². The van der Waals surface area contributed by atoms with E-state index in [0.717, 1.165) is 0 Å². The number of halogens is 1. The molecule has 1 aliphatic rings. The number of hydrogen-bond donors (Lipinski definition) is 0. The van der Waals surface area contributed by atoms with E-state index in [-0.39, 0.29) is 23.6 Å². The molecule has 1 aromatic rings. The maximum absolute atomic E-state index is 11.4. The molecule has 0 aliphatic heterocycles. The molecule has 1 saturated carbocycles. The van der Waals surface area contributed by atoms with E-state index in [9.17, 15) is 14.9 Å². The van der Waals surface area contributed by atoms with Crippen molar-refractivity contribution >= 4 is 27.4 Å². The van der Waals surface area contributed by atoms with Crippen LogP contribution in [-0.2, 0) is 9.53 Å². The summed E-state index contributed by atoms with van der Waals surface area (Å²) >= 11 is 3.22. The molecule has 7 heteroatoms. The number of carbonyl (C=O) groups is 1. The van der Waals surface area contributed by atoms with Crippen molar-refractivity contribution in [3.8, 4) is 5.75 Å². The summed E-state index contributed by atoms with van der Waals surface area (Å²) < 4.78 is 11.3. The highest BCUT2D eigenvalue weighted by Gasteiger charge is 2.43. The Labute approximate surface area is 118 Å². The number of ether oxygens (including phenoxy) is 2. The van der Waals surface area contributed by atoms with Crippen LogP contribution in [0.2, 0.25) is 0 Å². The third kappa shape index (κ3) is 2.76. The van der Waals surface area contributed by atoms with E-state index in [1.165, 1.54) is 6.07 Å². The number of hydrogen-bond acceptors (Lipinski definition) is 5. The molecule has 1 aromatic carbocycles. The molecule has 2 unspecified atom stereocenters. The predicted octanol–water partition coefficient (Wildman–Crippen LogP) is 2.48. The van der Waals surface area contributed by atoms with Crippen LogP contribution in [0.1, 0.15) is 13.3 Å². The third-order valence-electron chi connectivity index (χ3n) is 2.82. The summed E-state index contributed by atoms with van der Waals surface area (Å²) in [5.74, 6) is 0.0938. The maximum Gasteiger partial charge on any atom is 0.312 e. The molecule has 2 rings (SSSR count). The number of nitro groups is 1. The Hall–Kier alpha value is -1.47. The molecular weight excluding hydrogens is 318 g/mol. The Kier molecular flexibility index (Phi) is 4.16. The van der Waals surface area contributed by atoms with Crippen LogP contribution in [0.15, 0.2) is 22.7 Å². The first kappa shape index (κ1) is 14.0. The molecule has 0 spiro atoms. The van der Waals surface area contributed by atoms with Gasteiger partial charge in [-0.3, -0.25) is 14.9 Å². The molecule has 0 radical (unpaired) electrons. The fourth-order valence-electron chi connectivity index (χ4n) is 1.86. The summed E-state index contributed by atoms with van der Waals surface area (Å²) in [6.07, 6.45) is -0.884. The van der Waals surface area contributed by atoms with Crippen LogP contribution in [0.3, 0.4) is 0 Å². The smallest absolute Gasteiger partial charge is 0.312 e. The molecule has 1 aliphatic carbocycles. The van der Waals surface area contributed by atoms with Gasteiger partial charge in [0.25, 0.3) is 0 Å². The lowest BCUT2D eigenvalue weighted by Gasteiger charge is -2.34. The monoisotopic (exact) mass is 329 g/mol. The summed E-state index contributed by atoms with van der Waals surface area (Å²) in [6, 6.07) is 4.57. The Bertz CT molecular complexity index is 519. The molecular formula is C12H12BrNO5. The molecule has 0 N–H and O–H groups in total. The summed E-state index contributed by atoms with van der Waals surface area (Å²) in [6.45, 7) is 2.18. The van der Waals surface area contributed by atoms with Crippen LogP contribution >= 0.6 is 15.9 Å². The number of ketones is 1. The van der Waals surface area contributed by atoms with Gasteiger partial charge in [-0.1, -0.05) is 6.07 Å². The molecule has 0 aromatic heterocycles. The Morgan fingerprint density at radius 3 is 2.84 bits per heavy atom. The van der Waals surface area contributed by atoms with Gasteiger partial charge in [0.15, 0.2) is 11.9 Å². The normalized spacial score (nSPS) is 21.9. The third-order valence-corrected chi connectivity index (χ3v) is 3.44. The fraction of sp³-hybridized carbons (Fsp3) is 0.417. The van der Waals surface area contributed by atoms with Crippen LogP contribution in [0, 0.1) is 10.1 Å². The first-order valence-corrected chi connectivity index (χ1v) is 6.57. The van der Waals surface area contributed by atoms with Crippen molar-refractivity contribution in [2.75, 3.05) is 6.61 Å². The maximum atomic E-state index is 11.4. The largest absolute Gasteiger partial charge is 0.479 e. The van der Waals surface area contributed by atoms with E-state index in [1.807, 2.05) is 0 Å². The zero-order valence-electron chi connectivity index (χ0n) is 10.2. The van der Waals surface area contributed by atoms with E-state index in [4.69, 9.17) is 9.47 Å². The van der Waals surface area contributed by atoms with Crippen LogP contribution in [-0.4, -0.2) is 29.5 Å². The topological polar surface area (TPSA) is 78.7 Å². The zero-order valence-corrected chi connectivity index (χ0v) is 11.8. The van der Waals surface area contributed by atoms with E-state index >= 15 is 0 Å². The molecule has 0 saturated heterocycles. The summed E-state index contributed by atoms with van der Waals surface area (Å²) in [5.41, 5.74) is -0.135. The minimum Gasteiger partial charge on any atom is -0.479 e. The van der Waals surface area contributed by atoms with Crippen molar-refractivity contribution in [3.63, 3.8) is 0 Å². The molecule has 102 valence electrons. The Morgan fingerprint density at radius 1 is 1.53 bits per heavy atom. The van der Waals surface area contributed by atoms with Gasteiger partial charge in [-0.25, -0.2) is 0 Å². The SMILES string of the molecule is CCOC1C(=O)CC1Oc1c(Br)cccc1[N+](=O)[O-]. The van der Waals surface area contributed by atoms with Crippen molar-refractivity contribution in [2.24, 2.45) is 0 Å². The Balaban J connectivity index is 2.20. The number of nitro benzene ring substituents is 1. The molecule has 1 fully saturated rings. The average Bonchev–Trinajstić information content (AvgIpc) is 2.37. The lowest BCUT2D eigenvalue weighted by molar-refractivity contribution is -0.386. The lowest BCUT2D eigenvalue weighted by atomic mass is 9.90. The number of benzene rings is 1. The van der Waals surface area contributed by atoms with Gasteiger partial charge < -0.3 is 9.47 Å². The predicted molar refractivity (Wildman–Crippen MR) is 70.3 cm³/mol. The number of nitrogens with zero attached hydrogens (tertiary/aromatic N) is 1. The van der Waals surface area contributed by atoms with Gasteiger partial charge >= 0.3 is 5.69 Å². The molecule has 0 bridgehead atoms. The number of Topliss-reactive ketones (excluding diaryl/α,β-unsaturated/α-hetero) is 1. The molecule has 2 atom stereocenters. The van der Waals surface area contributed by atoms with Gasteiger partial charge in [0, 0.05) is 19.1 Å². The zero-order chi connectivity index (χ0) is 14.0. The van der Waals surface area contributed by atoms with Crippen LogP contribution in [0.25, 0.3) is 0 Å². The standard InChI is InChI=1S/C12H12BrNO5/c1-2-18-12-9(15)6-10(12)19-11-7(13)4-3-5-8(11)14(16)17/h3-5,10,12H,2,6H2,1H3. The minimum atomic E-state index is -0.628. The fourth-order valence-corrected chi connectivity index (χ4v) is 2.31. The second-order valence-corrected chi connectivity index (χ2v) is 4.90. The summed E-state index contributed by atoms with van der Waals surface area (Å²) in [5, 5.41) is 10.9. The molecule has 0 heterocycles. The van der Waals surface area contributed by atoms with Crippen molar-refractivity contribution < 1.29 is 19.2 Å². The lowest BCUT2D eigenvalue weighted by Crippen LogP contribution is -2.52. The van der Waals surface area contributed by atoms with E-state index in [1.54, 1.807) is 19.1 Å². The molecule has 19 heavy (non-hydrogen) atoms. The van der Waals surface area contributed by atoms with Crippen LogP contribution < -0.4 is 4.74 Å². The van der Waals surface area contributed by atoms with Crippen LogP contribution in [0.4, 0.5) is 5.69 Å². The number of carbonyl (C=O) groups excluding carboxylic acids is 1. The van der Waals surface area contributed by atoms with Gasteiger partial charge in [-0.15, -0.1) is 0 Å². The van der Waals surface area contributed by atoms with Gasteiger partial charge in [-0.2, -0.15) is 0 Å². The highest BCUT2D eigenvalue weighted by atomic mass is 79.9. The minimum absolute atomic E-state index is 0.0402. The highest BCUT2D eigenvalue weighted by Crippen LogP contribution is 2.37. The first-order valence-electron chi connectivity index (χ1n) is 5.78. The summed E-state index contributed by atoms with van der Waals surface area (Å²) in [4.78, 5) is 21.8. The van der Waals surface area contributed by atoms with Gasteiger partial charge in [0.1, 0.15) is 6.10 Å². The average molecular weight is 330 g/mol. The molecule has 6 nitrogen and oxygen atoms in total. The Morgan fingerprint density at radius 2 is 2.26 bits per heavy atom. The number of rotatable bonds is 5. The first-order chi connectivity index (χ1) is 9.04. The van der Waals surface area contributed by atoms with Crippen LogP contribution in [0.5, 0.6) is 5.75 Å². The number of para-hydroxylation sites is 1.